The van der Waals surface area contributed by atoms with Crippen LogP contribution < -0.4 is 11.5 Å². The number of rotatable bonds is 0. The normalized spacial score (nSPS) is 9.42. The molecule has 1 aromatic heterocycles. The van der Waals surface area contributed by atoms with E-state index in [2.05, 4.69) is 4.98 Å². The highest BCUT2D eigenvalue weighted by atomic mass is 14.9. The van der Waals surface area contributed by atoms with Gasteiger partial charge < -0.3 is 11.5 Å². The Morgan fingerprint density at radius 3 is 2.42 bits per heavy atom. The van der Waals surface area contributed by atoms with Crippen LogP contribution >= 0.6 is 0 Å². The summed E-state index contributed by atoms with van der Waals surface area (Å²) >= 11 is 0. The minimum atomic E-state index is 0.252. The summed E-state index contributed by atoms with van der Waals surface area (Å²) < 4.78 is 0. The average molecular weight is 162 g/mol. The molecule has 0 atom stereocenters. The van der Waals surface area contributed by atoms with Crippen LogP contribution in [-0.2, 0) is 0 Å². The number of nitrogens with zero attached hydrogens (tertiary/aromatic N) is 2. The monoisotopic (exact) mass is 162 g/mol. The van der Waals surface area contributed by atoms with Gasteiger partial charge in [0.2, 0.25) is 0 Å². The van der Waals surface area contributed by atoms with Crippen LogP contribution in [0.1, 0.15) is 16.8 Å². The molecule has 0 amide bonds. The molecule has 62 valence electrons. The van der Waals surface area contributed by atoms with Crippen molar-refractivity contribution in [3.8, 4) is 6.07 Å². The molecule has 1 aromatic rings. The highest BCUT2D eigenvalue weighted by Crippen LogP contribution is 2.21. The highest BCUT2D eigenvalue weighted by molar-refractivity contribution is 5.64. The quantitative estimate of drug-likeness (QED) is 0.588. The van der Waals surface area contributed by atoms with Crippen LogP contribution in [0.4, 0.5) is 11.5 Å². The lowest BCUT2D eigenvalue weighted by Gasteiger charge is -2.06. The van der Waals surface area contributed by atoms with E-state index in [0.29, 0.717) is 22.5 Å². The fourth-order valence-corrected chi connectivity index (χ4v) is 1.04. The first-order valence-corrected chi connectivity index (χ1v) is 3.50. The second kappa shape index (κ2) is 2.70. The molecule has 0 saturated heterocycles. The number of nitrogen functional groups attached to an aromatic ring is 2. The Morgan fingerprint density at radius 2 is 1.92 bits per heavy atom. The van der Waals surface area contributed by atoms with E-state index in [4.69, 9.17) is 16.7 Å². The minimum Gasteiger partial charge on any atom is -0.397 e. The molecule has 4 N–H and O–H groups in total. The fourth-order valence-electron chi connectivity index (χ4n) is 1.04. The van der Waals surface area contributed by atoms with Crippen LogP contribution in [-0.4, -0.2) is 4.98 Å². The van der Waals surface area contributed by atoms with Gasteiger partial charge in [-0.2, -0.15) is 5.26 Å². The van der Waals surface area contributed by atoms with Crippen LogP contribution in [0.15, 0.2) is 0 Å². The van der Waals surface area contributed by atoms with Crippen molar-refractivity contribution in [3.05, 3.63) is 16.8 Å². The number of anilines is 2. The molecule has 4 nitrogen and oxygen atoms in total. The van der Waals surface area contributed by atoms with Crippen molar-refractivity contribution in [2.24, 2.45) is 0 Å². The zero-order chi connectivity index (χ0) is 9.30. The third kappa shape index (κ3) is 1.05. The Morgan fingerprint density at radius 1 is 1.33 bits per heavy atom. The molecule has 0 saturated carbocycles. The Labute approximate surface area is 70.8 Å². The Balaban J connectivity index is 3.54. The second-order valence-electron chi connectivity index (χ2n) is 2.61. The summed E-state index contributed by atoms with van der Waals surface area (Å²) in [6.07, 6.45) is 0. The van der Waals surface area contributed by atoms with E-state index in [0.717, 1.165) is 0 Å². The largest absolute Gasteiger partial charge is 0.397 e. The van der Waals surface area contributed by atoms with Crippen molar-refractivity contribution < 1.29 is 0 Å². The third-order valence-electron chi connectivity index (χ3n) is 1.82. The molecule has 0 aromatic carbocycles. The summed E-state index contributed by atoms with van der Waals surface area (Å²) in [4.78, 5) is 3.94. The van der Waals surface area contributed by atoms with Gasteiger partial charge in [-0.15, -0.1) is 0 Å². The maximum Gasteiger partial charge on any atom is 0.142 e. The van der Waals surface area contributed by atoms with Crippen LogP contribution in [0, 0.1) is 25.2 Å². The van der Waals surface area contributed by atoms with Crippen LogP contribution in [0.5, 0.6) is 0 Å². The van der Waals surface area contributed by atoms with E-state index < -0.39 is 0 Å². The lowest BCUT2D eigenvalue weighted by atomic mass is 10.1. The fraction of sp³-hybridized carbons (Fsp3) is 0.250. The summed E-state index contributed by atoms with van der Waals surface area (Å²) in [6.45, 7) is 3.53. The lowest BCUT2D eigenvalue weighted by molar-refractivity contribution is 1.18. The van der Waals surface area contributed by atoms with Gasteiger partial charge in [-0.1, -0.05) is 0 Å². The zero-order valence-corrected chi connectivity index (χ0v) is 7.05. The van der Waals surface area contributed by atoms with Crippen molar-refractivity contribution in [1.82, 2.24) is 4.98 Å². The van der Waals surface area contributed by atoms with Crippen molar-refractivity contribution in [2.75, 3.05) is 11.5 Å². The molecule has 0 radical (unpaired) electrons. The summed E-state index contributed by atoms with van der Waals surface area (Å²) in [5, 5.41) is 8.69. The van der Waals surface area contributed by atoms with Gasteiger partial charge in [-0.05, 0) is 19.4 Å². The number of pyridine rings is 1. The summed E-state index contributed by atoms with van der Waals surface area (Å²) in [7, 11) is 0. The lowest BCUT2D eigenvalue weighted by Crippen LogP contribution is -2.04. The number of nitrogens with two attached hydrogens (primary N) is 2. The number of hydrogen-bond acceptors (Lipinski definition) is 4. The maximum absolute atomic E-state index is 8.69. The molecule has 1 heterocycles. The van der Waals surface area contributed by atoms with Crippen LogP contribution in [0.3, 0.4) is 0 Å². The predicted molar refractivity (Wildman–Crippen MR) is 47.3 cm³/mol. The molecule has 4 heteroatoms. The van der Waals surface area contributed by atoms with Crippen molar-refractivity contribution in [1.29, 1.82) is 5.26 Å². The molecule has 0 aliphatic rings. The molecule has 0 spiro atoms. The van der Waals surface area contributed by atoms with Gasteiger partial charge in [0, 0.05) is 0 Å². The molecular weight excluding hydrogens is 152 g/mol. The van der Waals surface area contributed by atoms with Crippen molar-refractivity contribution >= 4 is 11.5 Å². The minimum absolute atomic E-state index is 0.252. The predicted octanol–water partition coefficient (Wildman–Crippen LogP) is 0.735. The Kier molecular flexibility index (Phi) is 1.88. The first-order valence-electron chi connectivity index (χ1n) is 3.50. The van der Waals surface area contributed by atoms with E-state index >= 15 is 0 Å². The molecule has 0 aliphatic heterocycles. The van der Waals surface area contributed by atoms with Gasteiger partial charge in [0.05, 0.1) is 16.9 Å². The standard InChI is InChI=1S/C8H10N4/c1-4-6(3-9)8(11)12-5(2)7(4)10/h10H2,1-2H3,(H2,11,12). The van der Waals surface area contributed by atoms with Gasteiger partial charge in [0.15, 0.2) is 0 Å². The van der Waals surface area contributed by atoms with E-state index in [1.807, 2.05) is 6.07 Å². The van der Waals surface area contributed by atoms with Crippen LogP contribution in [0.25, 0.3) is 0 Å². The Bertz CT molecular complexity index is 362. The first-order chi connectivity index (χ1) is 5.57. The van der Waals surface area contributed by atoms with Gasteiger partial charge in [-0.3, -0.25) is 0 Å². The number of nitriles is 1. The molecule has 0 fully saturated rings. The number of aromatic nitrogens is 1. The first kappa shape index (κ1) is 8.34. The molecular formula is C8H10N4. The molecule has 0 unspecified atom stereocenters. The Hall–Kier alpha value is -1.76. The third-order valence-corrected chi connectivity index (χ3v) is 1.82. The SMILES string of the molecule is Cc1nc(N)c(C#N)c(C)c1N. The maximum atomic E-state index is 8.69. The van der Waals surface area contributed by atoms with Gasteiger partial charge >= 0.3 is 0 Å². The van der Waals surface area contributed by atoms with Gasteiger partial charge in [-0.25, -0.2) is 4.98 Å². The van der Waals surface area contributed by atoms with Gasteiger partial charge in [0.1, 0.15) is 11.9 Å². The average Bonchev–Trinajstić information content (AvgIpc) is 2.01. The van der Waals surface area contributed by atoms with E-state index in [-0.39, 0.29) is 5.82 Å². The van der Waals surface area contributed by atoms with E-state index in [1.165, 1.54) is 0 Å². The number of aryl methyl sites for hydroxylation is 1. The number of hydrogen-bond donors (Lipinski definition) is 2. The van der Waals surface area contributed by atoms with Gasteiger partial charge in [0.25, 0.3) is 0 Å². The molecule has 1 rings (SSSR count). The van der Waals surface area contributed by atoms with Crippen molar-refractivity contribution in [3.63, 3.8) is 0 Å². The molecule has 0 aliphatic carbocycles. The van der Waals surface area contributed by atoms with E-state index in [1.54, 1.807) is 13.8 Å². The topological polar surface area (TPSA) is 88.7 Å². The van der Waals surface area contributed by atoms with E-state index in [9.17, 15) is 0 Å². The molecule has 0 bridgehead atoms. The highest BCUT2D eigenvalue weighted by Gasteiger charge is 2.09. The smallest absolute Gasteiger partial charge is 0.142 e. The summed E-state index contributed by atoms with van der Waals surface area (Å²) in [5.74, 6) is 0.252. The summed E-state index contributed by atoms with van der Waals surface area (Å²) in [6, 6.07) is 1.96. The second-order valence-corrected chi connectivity index (χ2v) is 2.61. The molecule has 12 heavy (non-hydrogen) atoms. The van der Waals surface area contributed by atoms with Crippen LogP contribution in [0.2, 0.25) is 0 Å². The van der Waals surface area contributed by atoms with Crippen molar-refractivity contribution in [2.45, 2.75) is 13.8 Å². The zero-order valence-electron chi connectivity index (χ0n) is 7.05. The summed E-state index contributed by atoms with van der Waals surface area (Å²) in [5.41, 5.74) is 13.5.